The van der Waals surface area contributed by atoms with Crippen molar-refractivity contribution in [3.8, 4) is 0 Å². The van der Waals surface area contributed by atoms with Crippen molar-refractivity contribution in [2.24, 2.45) is 16.8 Å². The Morgan fingerprint density at radius 1 is 0.969 bits per heavy atom. The molecule has 0 aliphatic carbocycles. The van der Waals surface area contributed by atoms with Gasteiger partial charge in [0.15, 0.2) is 0 Å². The number of likely N-dealkylation sites (tertiary alicyclic amines) is 1. The number of amides is 6. The smallest absolute Gasteiger partial charge is 0.396 e. The molecule has 3 aromatic rings. The second kappa shape index (κ2) is 24.3. The number of nitrogens with one attached hydrogen (secondary N) is 4. The Labute approximate surface area is 370 Å². The zero-order valence-electron chi connectivity index (χ0n) is 36.3. The fraction of sp³-hybridized carbons (Fsp3) is 0.537. The molecule has 64 heavy (non-hydrogen) atoms. The predicted octanol–water partition coefficient (Wildman–Crippen LogP) is 0.166. The SMILES string of the molecule is CC(=O)N1CCC[C@H]1C(=O)N[C@@H](CC(C)C)C(=O)N[C@@H](Cc1cncn1CCCCCO/N=C/c1cnc2ccccc2c1)C(=O)N[C@@H](CO)C(=O)N[C@H](C(N)=O)[C@@H](C)OP(=O)(O)O. The van der Waals surface area contributed by atoms with E-state index in [0.29, 0.717) is 51.1 Å². The van der Waals surface area contributed by atoms with Crippen LogP contribution < -0.4 is 27.0 Å². The highest BCUT2D eigenvalue weighted by Gasteiger charge is 2.37. The first-order chi connectivity index (χ1) is 30.4. The highest BCUT2D eigenvalue weighted by molar-refractivity contribution is 7.46. The van der Waals surface area contributed by atoms with Gasteiger partial charge in [0.05, 0.1) is 30.8 Å². The largest absolute Gasteiger partial charge is 0.469 e. The standard InChI is InChI=1S/C41H59N10O12P/c1-25(2)17-32(47-41(58)35-13-10-15-51(35)27(4)53)38(55)46-33(39(56)48-34(23-52)40(57)49-36(37(42)54)26(3)63-64(59,60)61)19-30-22-43-24-50(30)14-8-5-9-16-62-45-21-28-18-29-11-6-7-12-31(29)44-20-28/h6-7,11-12,18,20-22,24-26,32-36,52H,5,8-10,13-17,19,23H2,1-4H3,(H2,42,54)(H,46,55)(H,47,58)(H,48,56)(H,49,57)(H2,59,60,61)/b45-21+/t26-,32+,33+,34+,35+,36+/m1/s1. The van der Waals surface area contributed by atoms with E-state index >= 15 is 0 Å². The molecule has 0 saturated carbocycles. The number of phosphoric ester groups is 1. The molecule has 0 spiro atoms. The van der Waals surface area contributed by atoms with Crippen LogP contribution in [0.2, 0.25) is 0 Å². The molecule has 1 aliphatic rings. The van der Waals surface area contributed by atoms with E-state index in [1.807, 2.05) is 44.2 Å². The number of hydrogen-bond donors (Lipinski definition) is 8. The molecule has 22 nitrogen and oxygen atoms in total. The Balaban J connectivity index is 1.45. The summed E-state index contributed by atoms with van der Waals surface area (Å²) in [5.74, 6) is -4.98. The van der Waals surface area contributed by atoms with Gasteiger partial charge >= 0.3 is 7.82 Å². The van der Waals surface area contributed by atoms with Gasteiger partial charge in [-0.2, -0.15) is 0 Å². The molecule has 0 unspecified atom stereocenters. The summed E-state index contributed by atoms with van der Waals surface area (Å²) >= 11 is 0. The summed E-state index contributed by atoms with van der Waals surface area (Å²) < 4.78 is 17.7. The second-order valence-electron chi connectivity index (χ2n) is 15.9. The lowest BCUT2D eigenvalue weighted by Gasteiger charge is -2.28. The average Bonchev–Trinajstić information content (AvgIpc) is 3.91. The van der Waals surface area contributed by atoms with Crippen LogP contribution in [0, 0.1) is 5.92 Å². The summed E-state index contributed by atoms with van der Waals surface area (Å²) in [5, 5.41) is 25.1. The van der Waals surface area contributed by atoms with Gasteiger partial charge in [-0.05, 0) is 63.5 Å². The highest BCUT2D eigenvalue weighted by Crippen LogP contribution is 2.38. The number of aliphatic hydroxyl groups is 1. The molecular formula is C41H59N10O12P. The molecule has 1 aliphatic heterocycles. The van der Waals surface area contributed by atoms with Gasteiger partial charge in [0.1, 0.15) is 36.8 Å². The van der Waals surface area contributed by atoms with Crippen LogP contribution in [0.25, 0.3) is 10.9 Å². The summed E-state index contributed by atoms with van der Waals surface area (Å²) in [6.07, 6.45) is 7.85. The maximum absolute atomic E-state index is 14.0. The number of oxime groups is 1. The Morgan fingerprint density at radius 3 is 2.36 bits per heavy atom. The fourth-order valence-electron chi connectivity index (χ4n) is 7.15. The van der Waals surface area contributed by atoms with Crippen LogP contribution in [0.5, 0.6) is 0 Å². The molecule has 0 bridgehead atoms. The van der Waals surface area contributed by atoms with Crippen LogP contribution in [-0.2, 0) is 55.7 Å². The number of primary amides is 1. The molecule has 0 radical (unpaired) electrons. The van der Waals surface area contributed by atoms with Crippen LogP contribution in [-0.4, -0.2) is 132 Å². The number of imidazole rings is 1. The Hall–Kier alpha value is -5.80. The lowest BCUT2D eigenvalue weighted by atomic mass is 10.0. The van der Waals surface area contributed by atoms with Gasteiger partial charge in [-0.25, -0.2) is 9.55 Å². The van der Waals surface area contributed by atoms with Crippen LogP contribution in [0.15, 0.2) is 54.2 Å². The monoisotopic (exact) mass is 914 g/mol. The van der Waals surface area contributed by atoms with Crippen molar-refractivity contribution >= 4 is 60.4 Å². The number of hydrogen-bond acceptors (Lipinski definition) is 13. The van der Waals surface area contributed by atoms with E-state index in [-0.39, 0.29) is 24.7 Å². The zero-order valence-corrected chi connectivity index (χ0v) is 37.2. The number of carbonyl (C=O) groups is 6. The van der Waals surface area contributed by atoms with Crippen molar-refractivity contribution in [3.63, 3.8) is 0 Å². The minimum Gasteiger partial charge on any atom is -0.396 e. The van der Waals surface area contributed by atoms with E-state index in [4.69, 9.17) is 10.6 Å². The van der Waals surface area contributed by atoms with Gasteiger partial charge in [0, 0.05) is 55.5 Å². The van der Waals surface area contributed by atoms with E-state index in [1.54, 1.807) is 23.3 Å². The molecule has 1 fully saturated rings. The predicted molar refractivity (Wildman–Crippen MR) is 232 cm³/mol. The van der Waals surface area contributed by atoms with Crippen LogP contribution >= 0.6 is 7.82 Å². The summed E-state index contributed by atoms with van der Waals surface area (Å²) in [6, 6.07) is 2.82. The first kappa shape index (κ1) is 50.8. The molecule has 4 rings (SSSR count). The number of fused-ring (bicyclic) bond motifs is 1. The summed E-state index contributed by atoms with van der Waals surface area (Å²) in [5.41, 5.74) is 7.54. The van der Waals surface area contributed by atoms with Gasteiger partial charge in [-0.1, -0.05) is 37.2 Å². The van der Waals surface area contributed by atoms with Gasteiger partial charge in [0.2, 0.25) is 35.4 Å². The number of nitrogens with zero attached hydrogens (tertiary/aromatic N) is 5. The van der Waals surface area contributed by atoms with Crippen LogP contribution in [0.4, 0.5) is 0 Å². The first-order valence-electron chi connectivity index (χ1n) is 21.0. The maximum atomic E-state index is 14.0. The Morgan fingerprint density at radius 2 is 1.67 bits per heavy atom. The molecule has 1 aromatic carbocycles. The van der Waals surface area contributed by atoms with E-state index in [2.05, 4.69) is 40.9 Å². The molecule has 6 atom stereocenters. The fourth-order valence-corrected chi connectivity index (χ4v) is 7.70. The van der Waals surface area contributed by atoms with Crippen molar-refractivity contribution in [3.05, 3.63) is 60.3 Å². The second-order valence-corrected chi connectivity index (χ2v) is 17.1. The molecule has 6 amide bonds. The Kier molecular flexibility index (Phi) is 19.3. The normalized spacial score (nSPS) is 16.5. The molecule has 23 heteroatoms. The van der Waals surface area contributed by atoms with Crippen molar-refractivity contribution < 1.29 is 57.6 Å². The minimum absolute atomic E-state index is 0.103. The third-order valence-corrected chi connectivity index (χ3v) is 11.0. The third-order valence-electron chi connectivity index (χ3n) is 10.4. The van der Waals surface area contributed by atoms with E-state index in [0.717, 1.165) is 29.8 Å². The lowest BCUT2D eigenvalue weighted by Crippen LogP contribution is -2.61. The van der Waals surface area contributed by atoms with E-state index in [9.17, 15) is 48.2 Å². The maximum Gasteiger partial charge on any atom is 0.469 e. The third kappa shape index (κ3) is 15.8. The summed E-state index contributed by atoms with van der Waals surface area (Å²) in [6.45, 7) is 6.32. The Bertz CT molecular complexity index is 2160. The van der Waals surface area contributed by atoms with Crippen LogP contribution in [0.3, 0.4) is 0 Å². The number of para-hydroxylation sites is 1. The van der Waals surface area contributed by atoms with Crippen molar-refractivity contribution in [2.45, 2.75) is 115 Å². The summed E-state index contributed by atoms with van der Waals surface area (Å²) in [4.78, 5) is 113. The molecule has 1 saturated heterocycles. The first-order valence-corrected chi connectivity index (χ1v) is 22.5. The van der Waals surface area contributed by atoms with Gasteiger partial charge < -0.3 is 56.2 Å². The molecule has 350 valence electrons. The molecule has 9 N–H and O–H groups in total. The number of nitrogens with two attached hydrogens (primary N) is 1. The van der Waals surface area contributed by atoms with Crippen molar-refractivity contribution in [1.29, 1.82) is 0 Å². The number of rotatable bonds is 25. The number of aryl methyl sites for hydroxylation is 1. The molecule has 2 aromatic heterocycles. The zero-order chi connectivity index (χ0) is 47.0. The summed E-state index contributed by atoms with van der Waals surface area (Å²) in [7, 11) is -5.12. The molecule has 3 heterocycles. The topological polar surface area (TPSA) is 319 Å². The molecular weight excluding hydrogens is 855 g/mol. The quantitative estimate of drug-likeness (QED) is 0.0243. The van der Waals surface area contributed by atoms with Crippen LogP contribution in [0.1, 0.15) is 77.5 Å². The highest BCUT2D eigenvalue weighted by atomic mass is 31.2. The van der Waals surface area contributed by atoms with Crippen molar-refractivity contribution in [2.75, 3.05) is 19.8 Å². The van der Waals surface area contributed by atoms with Crippen molar-refractivity contribution in [1.82, 2.24) is 40.7 Å². The minimum atomic E-state index is -5.12. The van der Waals surface area contributed by atoms with Gasteiger partial charge in [0.25, 0.3) is 0 Å². The number of aliphatic hydroxyl groups excluding tert-OH is 1. The average molecular weight is 915 g/mol. The van der Waals surface area contributed by atoms with E-state index < -0.39 is 80.3 Å². The number of benzene rings is 1. The number of carbonyl (C=O) groups excluding carboxylic acids is 6. The number of unbranched alkanes of at least 4 members (excludes halogenated alkanes) is 2. The van der Waals surface area contributed by atoms with Gasteiger partial charge in [-0.3, -0.25) is 38.3 Å². The number of phosphoric acid groups is 1. The number of pyridine rings is 1. The lowest BCUT2D eigenvalue weighted by molar-refractivity contribution is -0.139. The number of aromatic nitrogens is 3. The van der Waals surface area contributed by atoms with E-state index in [1.165, 1.54) is 18.0 Å². The van der Waals surface area contributed by atoms with Gasteiger partial charge in [-0.15, -0.1) is 0 Å².